The number of nitrogens with zero attached hydrogens (tertiary/aromatic N) is 6. The molecule has 32 heavy (non-hydrogen) atoms. The van der Waals surface area contributed by atoms with E-state index in [1.54, 1.807) is 7.11 Å². The van der Waals surface area contributed by atoms with E-state index in [1.165, 1.54) is 17.0 Å². The number of aryl methyl sites for hydroxylation is 2. The zero-order valence-electron chi connectivity index (χ0n) is 20.0. The average Bonchev–Trinajstić information content (AvgIpc) is 3.23. The van der Waals surface area contributed by atoms with Crippen LogP contribution in [0.3, 0.4) is 0 Å². The summed E-state index contributed by atoms with van der Waals surface area (Å²) in [6.45, 7) is 10.3. The van der Waals surface area contributed by atoms with Gasteiger partial charge in [0.1, 0.15) is 18.1 Å². The van der Waals surface area contributed by atoms with Crippen LogP contribution in [0.5, 0.6) is 5.75 Å². The average molecular weight is 551 g/mol. The highest BCUT2D eigenvalue weighted by molar-refractivity contribution is 14.0. The first kappa shape index (κ1) is 25.7. The van der Waals surface area contributed by atoms with Crippen LogP contribution >= 0.6 is 24.0 Å². The zero-order chi connectivity index (χ0) is 22.5. The number of hydrogen-bond acceptors (Lipinski definition) is 4. The molecule has 0 amide bonds. The van der Waals surface area contributed by atoms with Gasteiger partial charge in [-0.15, -0.1) is 34.2 Å². The molecule has 3 rings (SSSR count). The summed E-state index contributed by atoms with van der Waals surface area (Å²) in [4.78, 5) is 6.92. The highest BCUT2D eigenvalue weighted by Crippen LogP contribution is 2.23. The normalized spacial score (nSPS) is 11.3. The van der Waals surface area contributed by atoms with E-state index < -0.39 is 0 Å². The second-order valence-corrected chi connectivity index (χ2v) is 7.68. The molecule has 0 aliphatic rings. The zero-order valence-corrected chi connectivity index (χ0v) is 22.3. The lowest BCUT2D eigenvalue weighted by Crippen LogP contribution is -2.38. The number of rotatable bonds is 7. The minimum Gasteiger partial charge on any atom is -0.497 e. The first-order valence-electron chi connectivity index (χ1n) is 10.5. The number of benzene rings is 1. The van der Waals surface area contributed by atoms with Crippen LogP contribution in [0, 0.1) is 20.8 Å². The molecule has 9 heteroatoms. The maximum Gasteiger partial charge on any atom is 0.194 e. The van der Waals surface area contributed by atoms with Gasteiger partial charge in [-0.25, -0.2) is 4.99 Å². The van der Waals surface area contributed by atoms with Gasteiger partial charge in [-0.3, -0.25) is 0 Å². The first-order chi connectivity index (χ1) is 14.8. The fourth-order valence-corrected chi connectivity index (χ4v) is 3.65. The van der Waals surface area contributed by atoms with Gasteiger partial charge in [-0.1, -0.05) is 0 Å². The second-order valence-electron chi connectivity index (χ2n) is 7.68. The Bertz CT molecular complexity index is 1050. The number of methoxy groups -OCH3 is 1. The number of hydrogen-bond donors (Lipinski definition) is 1. The second kappa shape index (κ2) is 11.3. The molecule has 0 aliphatic heterocycles. The highest BCUT2D eigenvalue weighted by Gasteiger charge is 2.15. The van der Waals surface area contributed by atoms with Crippen LogP contribution in [0.4, 0.5) is 0 Å². The van der Waals surface area contributed by atoms with Gasteiger partial charge >= 0.3 is 0 Å². The van der Waals surface area contributed by atoms with Gasteiger partial charge < -0.3 is 24.1 Å². The summed E-state index contributed by atoms with van der Waals surface area (Å²) in [5.41, 5.74) is 4.80. The van der Waals surface area contributed by atoms with Gasteiger partial charge in [-0.05, 0) is 63.6 Å². The van der Waals surface area contributed by atoms with Gasteiger partial charge in [0.2, 0.25) is 0 Å². The summed E-state index contributed by atoms with van der Waals surface area (Å²) in [6.07, 6.45) is 0. The van der Waals surface area contributed by atoms with Crippen LogP contribution in [0.1, 0.15) is 35.5 Å². The van der Waals surface area contributed by atoms with Crippen molar-refractivity contribution in [2.24, 2.45) is 12.0 Å². The Hall–Kier alpha value is -2.56. The molecule has 0 atom stereocenters. The largest absolute Gasteiger partial charge is 0.497 e. The molecule has 2 heterocycles. The summed E-state index contributed by atoms with van der Waals surface area (Å²) < 4.78 is 9.53. The fourth-order valence-electron chi connectivity index (χ4n) is 3.65. The maximum atomic E-state index is 5.29. The monoisotopic (exact) mass is 551 g/mol. The van der Waals surface area contributed by atoms with Crippen molar-refractivity contribution in [3.8, 4) is 11.4 Å². The lowest BCUT2D eigenvalue weighted by atomic mass is 10.2. The molecule has 8 nitrogen and oxygen atoms in total. The van der Waals surface area contributed by atoms with E-state index in [9.17, 15) is 0 Å². The van der Waals surface area contributed by atoms with Crippen molar-refractivity contribution in [2.45, 2.75) is 40.8 Å². The lowest BCUT2D eigenvalue weighted by molar-refractivity contribution is 0.414. The standard InChI is InChI=1S/C23H33N7O.HI/c1-8-24-23(25-14-22-27-26-18(4)29(22)6)28(5)15-19-13-16(2)30(17(19)3)20-9-11-21(31-7)12-10-20;/h9-13H,8,14-15H2,1-7H3,(H,24,25);1H. The van der Waals surface area contributed by atoms with Crippen molar-refractivity contribution in [1.82, 2.24) is 29.5 Å². The van der Waals surface area contributed by atoms with Crippen molar-refractivity contribution < 1.29 is 4.74 Å². The quantitative estimate of drug-likeness (QED) is 0.275. The van der Waals surface area contributed by atoms with Gasteiger partial charge in [0, 0.05) is 44.3 Å². The summed E-state index contributed by atoms with van der Waals surface area (Å²) in [6, 6.07) is 10.4. The van der Waals surface area contributed by atoms with Crippen LogP contribution in [0.15, 0.2) is 35.3 Å². The van der Waals surface area contributed by atoms with Gasteiger partial charge in [0.15, 0.2) is 11.8 Å². The molecule has 2 aromatic heterocycles. The van der Waals surface area contributed by atoms with E-state index in [0.717, 1.165) is 42.1 Å². The summed E-state index contributed by atoms with van der Waals surface area (Å²) in [5, 5.41) is 11.7. The number of guanidine groups is 1. The number of halogens is 1. The number of aromatic nitrogens is 4. The van der Waals surface area contributed by atoms with Crippen LogP contribution in [0.25, 0.3) is 5.69 Å². The molecular formula is C23H34IN7O. The minimum atomic E-state index is 0. The molecule has 0 saturated heterocycles. The van der Waals surface area contributed by atoms with Crippen molar-refractivity contribution >= 4 is 29.9 Å². The van der Waals surface area contributed by atoms with Crippen molar-refractivity contribution in [3.05, 3.63) is 58.9 Å². The molecule has 0 aliphatic carbocycles. The van der Waals surface area contributed by atoms with Gasteiger partial charge in [0.05, 0.1) is 7.11 Å². The van der Waals surface area contributed by atoms with E-state index in [-0.39, 0.29) is 24.0 Å². The van der Waals surface area contributed by atoms with Crippen molar-refractivity contribution in [2.75, 3.05) is 20.7 Å². The molecule has 0 fully saturated rings. The minimum absolute atomic E-state index is 0. The number of aliphatic imine (C=N–C) groups is 1. The van der Waals surface area contributed by atoms with E-state index in [0.29, 0.717) is 6.54 Å². The first-order valence-corrected chi connectivity index (χ1v) is 10.5. The molecule has 0 saturated carbocycles. The van der Waals surface area contributed by atoms with E-state index in [4.69, 9.17) is 9.73 Å². The van der Waals surface area contributed by atoms with Crippen LogP contribution in [0.2, 0.25) is 0 Å². The Balaban J connectivity index is 0.00000363. The van der Waals surface area contributed by atoms with Gasteiger partial charge in [-0.2, -0.15) is 0 Å². The Kier molecular flexibility index (Phi) is 9.11. The topological polar surface area (TPSA) is 72.5 Å². The molecule has 0 bridgehead atoms. The number of ether oxygens (including phenoxy) is 1. The highest BCUT2D eigenvalue weighted by atomic mass is 127. The number of nitrogens with one attached hydrogen (secondary N) is 1. The summed E-state index contributed by atoms with van der Waals surface area (Å²) in [7, 11) is 5.71. The molecule has 0 unspecified atom stereocenters. The van der Waals surface area contributed by atoms with E-state index >= 15 is 0 Å². The lowest BCUT2D eigenvalue weighted by Gasteiger charge is -2.22. The van der Waals surface area contributed by atoms with E-state index in [2.05, 4.69) is 71.0 Å². The van der Waals surface area contributed by atoms with Crippen molar-refractivity contribution in [1.29, 1.82) is 0 Å². The predicted molar refractivity (Wildman–Crippen MR) is 139 cm³/mol. The Morgan fingerprint density at radius 3 is 2.41 bits per heavy atom. The third kappa shape index (κ3) is 5.62. The van der Waals surface area contributed by atoms with E-state index in [1.807, 2.05) is 30.7 Å². The predicted octanol–water partition coefficient (Wildman–Crippen LogP) is 3.76. The summed E-state index contributed by atoms with van der Waals surface area (Å²) >= 11 is 0. The van der Waals surface area contributed by atoms with Crippen LogP contribution in [-0.2, 0) is 20.1 Å². The SMILES string of the molecule is CCNC(=NCc1nnc(C)n1C)N(C)Cc1cc(C)n(-c2ccc(OC)cc2)c1C.I. The van der Waals surface area contributed by atoms with Crippen LogP contribution < -0.4 is 10.1 Å². The Labute approximate surface area is 207 Å². The Morgan fingerprint density at radius 2 is 1.84 bits per heavy atom. The fraction of sp³-hybridized carbons (Fsp3) is 0.435. The third-order valence-corrected chi connectivity index (χ3v) is 5.52. The molecule has 1 N–H and O–H groups in total. The summed E-state index contributed by atoms with van der Waals surface area (Å²) in [5.74, 6) is 3.43. The molecule has 0 spiro atoms. The smallest absolute Gasteiger partial charge is 0.194 e. The molecule has 174 valence electrons. The maximum absolute atomic E-state index is 5.29. The van der Waals surface area contributed by atoms with Crippen molar-refractivity contribution in [3.63, 3.8) is 0 Å². The third-order valence-electron chi connectivity index (χ3n) is 5.52. The molecule has 1 aromatic carbocycles. The molecule has 3 aromatic rings. The Morgan fingerprint density at radius 1 is 1.16 bits per heavy atom. The molecular weight excluding hydrogens is 517 g/mol. The molecule has 0 radical (unpaired) electrons. The van der Waals surface area contributed by atoms with Gasteiger partial charge in [0.25, 0.3) is 0 Å². The van der Waals surface area contributed by atoms with Crippen LogP contribution in [-0.4, -0.2) is 50.9 Å².